The largest absolute Gasteiger partial charge is 0.481 e. The average Bonchev–Trinajstić information content (AvgIpc) is 2.78. The third-order valence-electron chi connectivity index (χ3n) is 6.17. The minimum atomic E-state index is -0.440. The molecule has 0 saturated heterocycles. The van der Waals surface area contributed by atoms with Gasteiger partial charge in [0.05, 0.1) is 6.21 Å². The monoisotopic (exact) mass is 448 g/mol. The fourth-order valence-electron chi connectivity index (χ4n) is 4.76. The number of hydrazone groups is 1. The smallest absolute Gasteiger partial charge is 0.277 e. The van der Waals surface area contributed by atoms with Gasteiger partial charge in [-0.25, -0.2) is 9.82 Å². The van der Waals surface area contributed by atoms with Crippen LogP contribution >= 0.6 is 0 Å². The topological polar surface area (TPSA) is 66.8 Å². The van der Waals surface area contributed by atoms with E-state index >= 15 is 0 Å². The van der Waals surface area contributed by atoms with Gasteiger partial charge in [-0.2, -0.15) is 5.10 Å². The summed E-state index contributed by atoms with van der Waals surface area (Å²) >= 11 is 0. The van der Waals surface area contributed by atoms with Gasteiger partial charge < -0.3 is 9.64 Å². The van der Waals surface area contributed by atoms with E-state index in [1.165, 1.54) is 6.21 Å². The number of aromatic nitrogens is 1. The molecule has 33 heavy (non-hydrogen) atoms. The molecule has 2 heterocycles. The van der Waals surface area contributed by atoms with Gasteiger partial charge in [0, 0.05) is 34.9 Å². The van der Waals surface area contributed by atoms with Gasteiger partial charge in [-0.3, -0.25) is 9.78 Å². The second kappa shape index (κ2) is 9.17. The Hall–Kier alpha value is -3.48. The first-order valence-corrected chi connectivity index (χ1v) is 11.2. The summed E-state index contributed by atoms with van der Waals surface area (Å²) in [6.45, 7) is 9.21. The van der Waals surface area contributed by atoms with Crippen molar-refractivity contribution in [1.82, 2.24) is 10.4 Å². The van der Waals surface area contributed by atoms with E-state index in [1.807, 2.05) is 30.3 Å². The number of hydrogen-bond donors (Lipinski definition) is 1. The second-order valence-electron chi connectivity index (χ2n) is 9.01. The zero-order valence-electron chi connectivity index (χ0n) is 19.4. The molecule has 4 rings (SSSR count). The quantitative estimate of drug-likeness (QED) is 0.425. The van der Waals surface area contributed by atoms with Crippen LogP contribution in [0.5, 0.6) is 5.75 Å². The van der Waals surface area contributed by atoms with Crippen molar-refractivity contribution in [3.05, 3.63) is 65.6 Å². The molecule has 3 aromatic rings. The molecule has 1 aliphatic heterocycles. The number of halogens is 1. The molecule has 172 valence electrons. The third-order valence-corrected chi connectivity index (χ3v) is 6.17. The molecule has 0 saturated carbocycles. The first-order chi connectivity index (χ1) is 15.8. The molecule has 0 spiro atoms. The van der Waals surface area contributed by atoms with Crippen LogP contribution in [0.4, 0.5) is 10.1 Å². The van der Waals surface area contributed by atoms with Gasteiger partial charge in [0.15, 0.2) is 6.61 Å². The highest BCUT2D eigenvalue weighted by molar-refractivity contribution is 5.86. The Balaban J connectivity index is 1.43. The fourth-order valence-corrected chi connectivity index (χ4v) is 4.76. The van der Waals surface area contributed by atoms with Gasteiger partial charge in [0.1, 0.15) is 17.1 Å². The van der Waals surface area contributed by atoms with Crippen molar-refractivity contribution in [2.24, 2.45) is 5.10 Å². The molecule has 0 bridgehead atoms. The highest BCUT2D eigenvalue weighted by Crippen LogP contribution is 2.43. The number of rotatable bonds is 6. The summed E-state index contributed by atoms with van der Waals surface area (Å²) in [4.78, 5) is 18.7. The summed E-state index contributed by atoms with van der Waals surface area (Å²) in [6.07, 6.45) is 4.00. The maximum Gasteiger partial charge on any atom is 0.277 e. The zero-order valence-corrected chi connectivity index (χ0v) is 19.4. The van der Waals surface area contributed by atoms with Gasteiger partial charge >= 0.3 is 0 Å². The van der Waals surface area contributed by atoms with Crippen LogP contribution in [0, 0.1) is 5.82 Å². The normalized spacial score (nSPS) is 17.2. The van der Waals surface area contributed by atoms with Crippen LogP contribution in [-0.2, 0) is 4.79 Å². The number of amides is 1. The van der Waals surface area contributed by atoms with Gasteiger partial charge in [0.2, 0.25) is 0 Å². The molecule has 1 aromatic heterocycles. The van der Waals surface area contributed by atoms with Gasteiger partial charge in [-0.15, -0.1) is 0 Å². The summed E-state index contributed by atoms with van der Waals surface area (Å²) in [5.74, 6) is 0.00574. The fraction of sp³-hybridized carbons (Fsp3) is 0.346. The summed E-state index contributed by atoms with van der Waals surface area (Å²) in [6, 6.07) is 12.7. The molecule has 0 aliphatic carbocycles. The number of pyridine rings is 1. The minimum absolute atomic E-state index is 0.0310. The first-order valence-electron chi connectivity index (χ1n) is 11.2. The number of benzene rings is 2. The number of nitrogens with one attached hydrogen (secondary N) is 1. The molecule has 1 aliphatic rings. The zero-order chi connectivity index (χ0) is 23.6. The second-order valence-corrected chi connectivity index (χ2v) is 9.01. The van der Waals surface area contributed by atoms with Crippen molar-refractivity contribution in [3.63, 3.8) is 0 Å². The molecule has 1 amide bonds. The number of carbonyl (C=O) groups excluding carboxylic acids is 1. The number of nitrogens with zero attached hydrogens (tertiary/aromatic N) is 3. The number of carbonyl (C=O) groups is 1. The molecular formula is C26H29FN4O2. The predicted octanol–water partition coefficient (Wildman–Crippen LogP) is 5.02. The van der Waals surface area contributed by atoms with Gasteiger partial charge in [-0.1, -0.05) is 25.1 Å². The number of ether oxygens (including phenoxy) is 1. The average molecular weight is 449 g/mol. The summed E-state index contributed by atoms with van der Waals surface area (Å²) in [5, 5.41) is 4.87. The minimum Gasteiger partial charge on any atom is -0.481 e. The maximum atomic E-state index is 14.8. The summed E-state index contributed by atoms with van der Waals surface area (Å²) < 4.78 is 20.5. The van der Waals surface area contributed by atoms with Crippen molar-refractivity contribution in [2.75, 3.05) is 18.1 Å². The van der Waals surface area contributed by atoms with Crippen LogP contribution in [-0.4, -0.2) is 35.8 Å². The van der Waals surface area contributed by atoms with E-state index in [0.717, 1.165) is 29.6 Å². The Morgan fingerprint density at radius 3 is 2.91 bits per heavy atom. The Kier molecular flexibility index (Phi) is 6.31. The molecule has 0 fully saturated rings. The Morgan fingerprint density at radius 1 is 1.33 bits per heavy atom. The number of anilines is 1. The van der Waals surface area contributed by atoms with Crippen LogP contribution < -0.4 is 15.1 Å². The lowest BCUT2D eigenvalue weighted by Gasteiger charge is -2.47. The lowest BCUT2D eigenvalue weighted by Crippen LogP contribution is -2.48. The van der Waals surface area contributed by atoms with Crippen LogP contribution in [0.3, 0.4) is 0 Å². The van der Waals surface area contributed by atoms with Gasteiger partial charge in [-0.05, 0) is 62.9 Å². The molecule has 7 heteroatoms. The van der Waals surface area contributed by atoms with Crippen LogP contribution in [0.25, 0.3) is 10.9 Å². The van der Waals surface area contributed by atoms with Crippen LogP contribution in [0.15, 0.2) is 53.8 Å². The highest BCUT2D eigenvalue weighted by Gasteiger charge is 2.36. The van der Waals surface area contributed by atoms with Crippen molar-refractivity contribution < 1.29 is 13.9 Å². The summed E-state index contributed by atoms with van der Waals surface area (Å²) in [7, 11) is 0. The van der Waals surface area contributed by atoms with E-state index in [4.69, 9.17) is 4.74 Å². The first kappa shape index (κ1) is 22.7. The molecule has 1 atom stereocenters. The van der Waals surface area contributed by atoms with Crippen molar-refractivity contribution in [1.29, 1.82) is 0 Å². The molecule has 0 radical (unpaired) electrons. The van der Waals surface area contributed by atoms with Crippen molar-refractivity contribution in [3.8, 4) is 5.75 Å². The molecule has 1 unspecified atom stereocenters. The van der Waals surface area contributed by atoms with Gasteiger partial charge in [0.25, 0.3) is 5.91 Å². The maximum absolute atomic E-state index is 14.8. The molecule has 1 N–H and O–H groups in total. The predicted molar refractivity (Wildman–Crippen MR) is 130 cm³/mol. The van der Waals surface area contributed by atoms with Crippen molar-refractivity contribution >= 4 is 28.7 Å². The third kappa shape index (κ3) is 4.67. The Morgan fingerprint density at radius 2 is 2.12 bits per heavy atom. The van der Waals surface area contributed by atoms with E-state index < -0.39 is 5.91 Å². The Bertz CT molecular complexity index is 1200. The SMILES string of the molecule is CCN1c2cc(F)c(/C=N\NC(=O)COc3cccc4cccnc34)cc2C(C)CC1(C)C. The van der Waals surface area contributed by atoms with Crippen LogP contribution in [0.1, 0.15) is 51.2 Å². The number of para-hydroxylation sites is 1. The number of fused-ring (bicyclic) bond motifs is 2. The summed E-state index contributed by atoms with van der Waals surface area (Å²) in [5.41, 5.74) is 5.43. The Labute approximate surface area is 193 Å². The van der Waals surface area contributed by atoms with E-state index in [2.05, 4.69) is 48.1 Å². The lowest BCUT2D eigenvalue weighted by molar-refractivity contribution is -0.123. The number of hydrogen-bond acceptors (Lipinski definition) is 5. The van der Waals surface area contributed by atoms with E-state index in [1.54, 1.807) is 18.3 Å². The lowest BCUT2D eigenvalue weighted by atomic mass is 9.79. The molecule has 6 nitrogen and oxygen atoms in total. The van der Waals surface area contributed by atoms with E-state index in [9.17, 15) is 9.18 Å². The highest BCUT2D eigenvalue weighted by atomic mass is 19.1. The standard InChI is InChI=1S/C26H29FN4O2/c1-5-31-22-13-21(27)19(12-20(22)17(2)14-26(31,3)4)15-29-30-24(32)16-33-23-10-6-8-18-9-7-11-28-25(18)23/h6-13,15,17H,5,14,16H2,1-4H3,(H,30,32)/b29-15-. The molecular weight excluding hydrogens is 419 g/mol. The van der Waals surface area contributed by atoms with Crippen LogP contribution in [0.2, 0.25) is 0 Å². The van der Waals surface area contributed by atoms with E-state index in [0.29, 0.717) is 22.7 Å². The van der Waals surface area contributed by atoms with E-state index in [-0.39, 0.29) is 18.0 Å². The molecule has 2 aromatic carbocycles. The van der Waals surface area contributed by atoms with Crippen molar-refractivity contribution in [2.45, 2.75) is 45.6 Å².